The first-order valence-electron chi connectivity index (χ1n) is 13.4. The van der Waals surface area contributed by atoms with Gasteiger partial charge in [0.25, 0.3) is 0 Å². The lowest BCUT2D eigenvalue weighted by Crippen LogP contribution is -2.57. The van der Waals surface area contributed by atoms with Crippen LogP contribution < -0.4 is 0 Å². The van der Waals surface area contributed by atoms with Crippen molar-refractivity contribution in [3.05, 3.63) is 82.4 Å². The van der Waals surface area contributed by atoms with Gasteiger partial charge < -0.3 is 4.90 Å². The van der Waals surface area contributed by atoms with Crippen LogP contribution >= 0.6 is 35.0 Å². The van der Waals surface area contributed by atoms with Crippen LogP contribution in [0.25, 0.3) is 0 Å². The van der Waals surface area contributed by atoms with Crippen molar-refractivity contribution >= 4 is 40.9 Å². The molecule has 36 heavy (non-hydrogen) atoms. The summed E-state index contributed by atoms with van der Waals surface area (Å²) in [5.41, 5.74) is 1.85. The first-order valence-corrected chi connectivity index (χ1v) is 15.2. The predicted molar refractivity (Wildman–Crippen MR) is 156 cm³/mol. The van der Waals surface area contributed by atoms with Gasteiger partial charge >= 0.3 is 0 Å². The first kappa shape index (κ1) is 27.6. The molecule has 0 radical (unpaired) electrons. The van der Waals surface area contributed by atoms with Gasteiger partial charge in [-0.2, -0.15) is 11.8 Å². The zero-order valence-electron chi connectivity index (χ0n) is 21.8. The molecule has 1 heterocycles. The van der Waals surface area contributed by atoms with Crippen molar-refractivity contribution in [2.75, 3.05) is 5.75 Å². The van der Waals surface area contributed by atoms with E-state index in [9.17, 15) is 4.79 Å². The van der Waals surface area contributed by atoms with Gasteiger partial charge in [-0.25, -0.2) is 0 Å². The molecule has 2 fully saturated rings. The standard InChI is InChI=1S/C31H39Cl2NOS/c1-5-17-31(4)19-27(23-9-8-10-25(33)18-23)29(22-13-15-24(32)16-14-22)34(30(31)35)28(21-11-12-21)20-36-26(6-2)7-3/h5,8-10,13-16,18,21,26-29H,1,6-7,11-12,17,19-20H2,2-4H3/t27-,28?,29-,31+/m1/s1. The number of carbonyl (C=O) groups excluding carboxylic acids is 1. The molecule has 2 aromatic carbocycles. The Morgan fingerprint density at radius 2 is 1.78 bits per heavy atom. The van der Waals surface area contributed by atoms with Gasteiger partial charge in [0, 0.05) is 33.0 Å². The number of rotatable bonds is 11. The molecule has 0 N–H and O–H groups in total. The maximum atomic E-state index is 14.5. The number of carbonyl (C=O) groups is 1. The van der Waals surface area contributed by atoms with Crippen molar-refractivity contribution in [1.29, 1.82) is 0 Å². The average molecular weight is 545 g/mol. The third-order valence-corrected chi connectivity index (χ3v) is 10.3. The number of amides is 1. The number of benzene rings is 2. The molecule has 1 amide bonds. The van der Waals surface area contributed by atoms with E-state index in [1.54, 1.807) is 0 Å². The second-order valence-electron chi connectivity index (χ2n) is 10.8. The molecule has 4 atom stereocenters. The van der Waals surface area contributed by atoms with Gasteiger partial charge in [-0.05, 0) is 79.8 Å². The molecule has 2 aromatic rings. The fourth-order valence-electron chi connectivity index (χ4n) is 5.94. The van der Waals surface area contributed by atoms with E-state index in [4.69, 9.17) is 23.2 Å². The molecule has 1 unspecified atom stereocenters. The molecule has 2 aliphatic rings. The quantitative estimate of drug-likeness (QED) is 0.263. The Morgan fingerprint density at radius 3 is 2.36 bits per heavy atom. The zero-order chi connectivity index (χ0) is 25.9. The number of piperidine rings is 1. The second-order valence-corrected chi connectivity index (χ2v) is 13.0. The maximum Gasteiger partial charge on any atom is 0.229 e. The number of hydrogen-bond acceptors (Lipinski definition) is 2. The normalized spacial score (nSPS) is 25.3. The van der Waals surface area contributed by atoms with Crippen LogP contribution in [0.3, 0.4) is 0 Å². The highest BCUT2D eigenvalue weighted by molar-refractivity contribution is 7.99. The minimum Gasteiger partial charge on any atom is -0.330 e. The Kier molecular flexibility index (Phi) is 9.18. The summed E-state index contributed by atoms with van der Waals surface area (Å²) in [6.07, 6.45) is 8.07. The average Bonchev–Trinajstić information content (AvgIpc) is 3.70. The number of nitrogens with zero attached hydrogens (tertiary/aromatic N) is 1. The zero-order valence-corrected chi connectivity index (χ0v) is 24.1. The molecule has 1 saturated heterocycles. The Bertz CT molecular complexity index is 1050. The van der Waals surface area contributed by atoms with E-state index in [2.05, 4.69) is 68.3 Å². The van der Waals surface area contributed by atoms with Gasteiger partial charge in [0.15, 0.2) is 0 Å². The fraction of sp³-hybridized carbons (Fsp3) is 0.516. The van der Waals surface area contributed by atoms with Gasteiger partial charge in [0.1, 0.15) is 0 Å². The van der Waals surface area contributed by atoms with E-state index in [0.29, 0.717) is 22.6 Å². The summed E-state index contributed by atoms with van der Waals surface area (Å²) in [6, 6.07) is 16.5. The van der Waals surface area contributed by atoms with Crippen molar-refractivity contribution < 1.29 is 4.79 Å². The van der Waals surface area contributed by atoms with Crippen molar-refractivity contribution in [3.8, 4) is 0 Å². The molecular weight excluding hydrogens is 505 g/mol. The lowest BCUT2D eigenvalue weighted by atomic mass is 9.67. The highest BCUT2D eigenvalue weighted by Gasteiger charge is 2.53. The SMILES string of the molecule is C=CC[C@@]1(C)C[C@H](c2cccc(Cl)c2)[C@@H](c2ccc(Cl)cc2)N(C(CSC(CC)CC)C2CC2)C1=O. The lowest BCUT2D eigenvalue weighted by molar-refractivity contribution is -0.154. The van der Waals surface area contributed by atoms with Crippen LogP contribution in [0.1, 0.15) is 82.4 Å². The molecule has 0 spiro atoms. The number of halogens is 2. The number of allylic oxidation sites excluding steroid dienone is 1. The molecule has 0 bridgehead atoms. The van der Waals surface area contributed by atoms with Gasteiger partial charge in [0.2, 0.25) is 5.91 Å². The van der Waals surface area contributed by atoms with E-state index in [1.165, 1.54) is 18.4 Å². The summed E-state index contributed by atoms with van der Waals surface area (Å²) >= 11 is 14.9. The van der Waals surface area contributed by atoms with Crippen molar-refractivity contribution in [2.24, 2.45) is 11.3 Å². The molecule has 2 nitrogen and oxygen atoms in total. The minimum atomic E-state index is -0.496. The first-order chi connectivity index (χ1) is 17.3. The molecule has 1 aliphatic heterocycles. The fourth-order valence-corrected chi connectivity index (χ4v) is 7.63. The van der Waals surface area contributed by atoms with Crippen molar-refractivity contribution in [1.82, 2.24) is 4.90 Å². The van der Waals surface area contributed by atoms with Crippen LogP contribution in [-0.2, 0) is 4.79 Å². The molecule has 1 saturated carbocycles. The van der Waals surface area contributed by atoms with Crippen LogP contribution in [0.4, 0.5) is 0 Å². The van der Waals surface area contributed by atoms with Crippen molar-refractivity contribution in [2.45, 2.75) is 82.5 Å². The number of likely N-dealkylation sites (tertiary alicyclic amines) is 1. The molecule has 4 rings (SSSR count). The third-order valence-electron chi connectivity index (χ3n) is 8.12. The smallest absolute Gasteiger partial charge is 0.229 e. The van der Waals surface area contributed by atoms with Gasteiger partial charge in [0.05, 0.1) is 11.5 Å². The lowest BCUT2D eigenvalue weighted by Gasteiger charge is -2.52. The van der Waals surface area contributed by atoms with Crippen LogP contribution in [0.5, 0.6) is 0 Å². The minimum absolute atomic E-state index is 0.0565. The van der Waals surface area contributed by atoms with Crippen LogP contribution in [0.15, 0.2) is 61.2 Å². The summed E-state index contributed by atoms with van der Waals surface area (Å²) < 4.78 is 0. The van der Waals surface area contributed by atoms with Gasteiger partial charge in [-0.3, -0.25) is 4.79 Å². The van der Waals surface area contributed by atoms with Gasteiger partial charge in [-0.1, -0.05) is 74.3 Å². The largest absolute Gasteiger partial charge is 0.330 e. The molecule has 5 heteroatoms. The Labute approximate surface area is 231 Å². The summed E-state index contributed by atoms with van der Waals surface area (Å²) in [6.45, 7) is 10.7. The summed E-state index contributed by atoms with van der Waals surface area (Å²) in [7, 11) is 0. The van der Waals surface area contributed by atoms with E-state index in [1.807, 2.05) is 30.3 Å². The van der Waals surface area contributed by atoms with Crippen molar-refractivity contribution in [3.63, 3.8) is 0 Å². The maximum absolute atomic E-state index is 14.5. The highest BCUT2D eigenvalue weighted by atomic mass is 35.5. The summed E-state index contributed by atoms with van der Waals surface area (Å²) in [5.74, 6) is 1.95. The molecule has 1 aliphatic carbocycles. The van der Waals surface area contributed by atoms with Crippen LogP contribution in [0.2, 0.25) is 10.0 Å². The highest BCUT2D eigenvalue weighted by Crippen LogP contribution is 2.54. The predicted octanol–water partition coefficient (Wildman–Crippen LogP) is 9.33. The summed E-state index contributed by atoms with van der Waals surface area (Å²) in [4.78, 5) is 16.8. The second kappa shape index (κ2) is 12.0. The molecular formula is C31H39Cl2NOS. The molecule has 194 valence electrons. The van der Waals surface area contributed by atoms with E-state index in [0.717, 1.165) is 35.6 Å². The number of hydrogen-bond donors (Lipinski definition) is 0. The monoisotopic (exact) mass is 543 g/mol. The van der Waals surface area contributed by atoms with Crippen LogP contribution in [-0.4, -0.2) is 27.9 Å². The summed E-state index contributed by atoms with van der Waals surface area (Å²) in [5, 5.41) is 2.08. The molecule has 0 aromatic heterocycles. The van der Waals surface area contributed by atoms with Crippen LogP contribution in [0, 0.1) is 11.3 Å². The van der Waals surface area contributed by atoms with E-state index < -0.39 is 5.41 Å². The third kappa shape index (κ3) is 6.00. The number of thioether (sulfide) groups is 1. The topological polar surface area (TPSA) is 20.3 Å². The Morgan fingerprint density at radius 1 is 1.08 bits per heavy atom. The van der Waals surface area contributed by atoms with E-state index >= 15 is 0 Å². The Hall–Kier alpha value is -1.42. The Balaban J connectivity index is 1.84. The van der Waals surface area contributed by atoms with Gasteiger partial charge in [-0.15, -0.1) is 6.58 Å². The van der Waals surface area contributed by atoms with E-state index in [-0.39, 0.29) is 23.9 Å².